The molecule has 1 heterocycles. The van der Waals surface area contributed by atoms with E-state index < -0.39 is 5.97 Å². The molecule has 0 amide bonds. The average Bonchev–Trinajstić information content (AvgIpc) is 3.11. The fourth-order valence-corrected chi connectivity index (χ4v) is 3.64. The number of carbonyl (C=O) groups excluding carboxylic acids is 2. The van der Waals surface area contributed by atoms with Crippen LogP contribution in [0.1, 0.15) is 31.8 Å². The number of hydrogen-bond donors (Lipinski definition) is 0. The number of hydrogen-bond acceptors (Lipinski definition) is 6. The number of ketones is 1. The van der Waals surface area contributed by atoms with E-state index in [1.165, 1.54) is 14.2 Å². The van der Waals surface area contributed by atoms with Crippen molar-refractivity contribution in [3.05, 3.63) is 87.6 Å². The summed E-state index contributed by atoms with van der Waals surface area (Å²) in [5.74, 6) is 0.894. The number of halogens is 1. The van der Waals surface area contributed by atoms with Crippen LogP contribution in [-0.4, -0.2) is 26.0 Å². The Hall–Kier alpha value is -3.77. The average molecular weight is 451 g/mol. The standard InChI is InChI=1S/C25H19ClO6/c1-14-19(32-25(28)16-8-4-5-9-18(16)26)12-11-17-22(27)21(31-23(14)17)13-15-7-6-10-20(29-2)24(15)30-3/h4-13H,1-3H3/b21-13-. The van der Waals surface area contributed by atoms with Crippen LogP contribution in [-0.2, 0) is 0 Å². The summed E-state index contributed by atoms with van der Waals surface area (Å²) in [5.41, 5.74) is 1.79. The van der Waals surface area contributed by atoms with Crippen LogP contribution in [0.5, 0.6) is 23.0 Å². The molecule has 1 aliphatic heterocycles. The third-order valence-corrected chi connectivity index (χ3v) is 5.38. The Morgan fingerprint density at radius 3 is 2.47 bits per heavy atom. The van der Waals surface area contributed by atoms with Crippen molar-refractivity contribution >= 4 is 29.4 Å². The van der Waals surface area contributed by atoms with Crippen LogP contribution in [0.25, 0.3) is 6.08 Å². The maximum absolute atomic E-state index is 12.9. The van der Waals surface area contributed by atoms with Crippen molar-refractivity contribution in [1.82, 2.24) is 0 Å². The quantitative estimate of drug-likeness (QED) is 0.290. The van der Waals surface area contributed by atoms with E-state index in [2.05, 4.69) is 0 Å². The van der Waals surface area contributed by atoms with Crippen LogP contribution in [0.15, 0.2) is 60.4 Å². The molecule has 0 aliphatic carbocycles. The van der Waals surface area contributed by atoms with E-state index >= 15 is 0 Å². The number of fused-ring (bicyclic) bond motifs is 1. The van der Waals surface area contributed by atoms with Gasteiger partial charge in [-0.25, -0.2) is 4.79 Å². The molecular weight excluding hydrogens is 432 g/mol. The van der Waals surface area contributed by atoms with Gasteiger partial charge in [-0.15, -0.1) is 0 Å². The molecule has 0 saturated carbocycles. The van der Waals surface area contributed by atoms with Crippen LogP contribution in [0, 0.1) is 6.92 Å². The highest BCUT2D eigenvalue weighted by Gasteiger charge is 2.31. The van der Waals surface area contributed by atoms with Gasteiger partial charge in [0.05, 0.1) is 30.4 Å². The largest absolute Gasteiger partial charge is 0.493 e. The first kappa shape index (κ1) is 21.5. The molecule has 3 aromatic carbocycles. The monoisotopic (exact) mass is 450 g/mol. The zero-order valence-electron chi connectivity index (χ0n) is 17.6. The van der Waals surface area contributed by atoms with Gasteiger partial charge in [0, 0.05) is 11.1 Å². The predicted octanol–water partition coefficient (Wildman–Crippen LogP) is 5.50. The van der Waals surface area contributed by atoms with Crippen molar-refractivity contribution in [3.8, 4) is 23.0 Å². The van der Waals surface area contributed by atoms with E-state index in [0.717, 1.165) is 0 Å². The van der Waals surface area contributed by atoms with Crippen molar-refractivity contribution in [2.45, 2.75) is 6.92 Å². The molecule has 0 saturated heterocycles. The number of carbonyl (C=O) groups is 2. The van der Waals surface area contributed by atoms with E-state index in [9.17, 15) is 9.59 Å². The van der Waals surface area contributed by atoms with Gasteiger partial charge in [0.25, 0.3) is 0 Å². The lowest BCUT2D eigenvalue weighted by molar-refractivity contribution is 0.0733. The lowest BCUT2D eigenvalue weighted by atomic mass is 10.1. The van der Waals surface area contributed by atoms with Crippen LogP contribution in [0.2, 0.25) is 5.02 Å². The summed E-state index contributed by atoms with van der Waals surface area (Å²) in [6.07, 6.45) is 1.60. The molecule has 0 unspecified atom stereocenters. The molecule has 0 atom stereocenters. The van der Waals surface area contributed by atoms with Gasteiger partial charge in [0.15, 0.2) is 17.3 Å². The minimum atomic E-state index is -0.597. The van der Waals surface area contributed by atoms with Crippen molar-refractivity contribution in [3.63, 3.8) is 0 Å². The van der Waals surface area contributed by atoms with E-state index in [1.54, 1.807) is 67.6 Å². The van der Waals surface area contributed by atoms with Crippen molar-refractivity contribution in [2.75, 3.05) is 14.2 Å². The van der Waals surface area contributed by atoms with Crippen LogP contribution >= 0.6 is 11.6 Å². The van der Waals surface area contributed by atoms with Crippen LogP contribution < -0.4 is 18.9 Å². The molecule has 0 N–H and O–H groups in total. The summed E-state index contributed by atoms with van der Waals surface area (Å²) in [6.45, 7) is 1.72. The van der Waals surface area contributed by atoms with Gasteiger partial charge in [-0.3, -0.25) is 4.79 Å². The smallest absolute Gasteiger partial charge is 0.345 e. The Bertz CT molecular complexity index is 1260. The fourth-order valence-electron chi connectivity index (χ4n) is 3.43. The summed E-state index contributed by atoms with van der Waals surface area (Å²) in [5, 5.41) is 0.292. The molecule has 0 fully saturated rings. The minimum Gasteiger partial charge on any atom is -0.493 e. The Morgan fingerprint density at radius 2 is 1.75 bits per heavy atom. The summed E-state index contributed by atoms with van der Waals surface area (Å²) >= 11 is 6.08. The van der Waals surface area contributed by atoms with Gasteiger partial charge in [0.1, 0.15) is 11.5 Å². The SMILES string of the molecule is COc1cccc(/C=C2\Oc3c(ccc(OC(=O)c4ccccc4Cl)c3C)C2=O)c1OC. The molecule has 0 bridgehead atoms. The molecular formula is C25H19ClO6. The van der Waals surface area contributed by atoms with Gasteiger partial charge < -0.3 is 18.9 Å². The number of rotatable bonds is 5. The zero-order valence-corrected chi connectivity index (χ0v) is 18.4. The third kappa shape index (κ3) is 3.81. The van der Waals surface area contributed by atoms with Crippen LogP contribution in [0.3, 0.4) is 0 Å². The molecule has 1 aliphatic rings. The highest BCUT2D eigenvalue weighted by Crippen LogP contribution is 2.41. The third-order valence-electron chi connectivity index (χ3n) is 5.05. The topological polar surface area (TPSA) is 71.1 Å². The van der Waals surface area contributed by atoms with Gasteiger partial charge >= 0.3 is 5.97 Å². The molecule has 0 spiro atoms. The molecule has 0 aromatic heterocycles. The van der Waals surface area contributed by atoms with Gasteiger partial charge in [-0.2, -0.15) is 0 Å². The van der Waals surface area contributed by atoms with Crippen molar-refractivity contribution in [2.24, 2.45) is 0 Å². The highest BCUT2D eigenvalue weighted by molar-refractivity contribution is 6.33. The van der Waals surface area contributed by atoms with E-state index in [0.29, 0.717) is 39.0 Å². The second kappa shape index (κ2) is 8.77. The number of benzene rings is 3. The van der Waals surface area contributed by atoms with Crippen molar-refractivity contribution < 1.29 is 28.5 Å². The Balaban J connectivity index is 1.65. The van der Waals surface area contributed by atoms with E-state index in [4.69, 9.17) is 30.5 Å². The molecule has 7 heteroatoms. The van der Waals surface area contributed by atoms with Gasteiger partial charge in [-0.05, 0) is 43.3 Å². The minimum absolute atomic E-state index is 0.129. The van der Waals surface area contributed by atoms with Gasteiger partial charge in [0.2, 0.25) is 5.78 Å². The van der Waals surface area contributed by atoms with E-state index in [-0.39, 0.29) is 22.9 Å². The Kier molecular flexibility index (Phi) is 5.88. The second-order valence-electron chi connectivity index (χ2n) is 6.96. The van der Waals surface area contributed by atoms with E-state index in [1.807, 2.05) is 0 Å². The van der Waals surface area contributed by atoms with Crippen molar-refractivity contribution in [1.29, 1.82) is 0 Å². The van der Waals surface area contributed by atoms with Gasteiger partial charge in [-0.1, -0.05) is 35.9 Å². The first-order valence-electron chi connectivity index (χ1n) is 9.70. The molecule has 6 nitrogen and oxygen atoms in total. The summed E-state index contributed by atoms with van der Waals surface area (Å²) in [4.78, 5) is 25.5. The molecule has 32 heavy (non-hydrogen) atoms. The maximum atomic E-state index is 12.9. The summed E-state index contributed by atoms with van der Waals surface area (Å²) < 4.78 is 22.1. The number of ether oxygens (including phenoxy) is 4. The maximum Gasteiger partial charge on any atom is 0.345 e. The lowest BCUT2D eigenvalue weighted by Gasteiger charge is -2.11. The molecule has 4 rings (SSSR count). The lowest BCUT2D eigenvalue weighted by Crippen LogP contribution is -2.10. The highest BCUT2D eigenvalue weighted by atomic mass is 35.5. The number of esters is 1. The molecule has 162 valence electrons. The summed E-state index contributed by atoms with van der Waals surface area (Å²) in [6, 6.07) is 15.1. The Labute approximate surface area is 189 Å². The molecule has 0 radical (unpaired) electrons. The number of methoxy groups -OCH3 is 2. The molecule has 3 aromatic rings. The number of Topliss-reactive ketones (excluding diaryl/α,β-unsaturated/α-hetero) is 1. The summed E-state index contributed by atoms with van der Waals surface area (Å²) in [7, 11) is 3.06. The zero-order chi connectivity index (χ0) is 22.8. The Morgan fingerprint density at radius 1 is 0.969 bits per heavy atom. The first-order chi connectivity index (χ1) is 15.4. The fraction of sp³-hybridized carbons (Fsp3) is 0.120. The number of allylic oxidation sites excluding steroid dienone is 1. The normalized spacial score (nSPS) is 13.5. The predicted molar refractivity (Wildman–Crippen MR) is 120 cm³/mol. The first-order valence-corrected chi connectivity index (χ1v) is 10.1. The number of para-hydroxylation sites is 1. The van der Waals surface area contributed by atoms with Crippen LogP contribution in [0.4, 0.5) is 0 Å². The second-order valence-corrected chi connectivity index (χ2v) is 7.36.